The van der Waals surface area contributed by atoms with E-state index in [1.54, 1.807) is 24.3 Å². The van der Waals surface area contributed by atoms with Gasteiger partial charge < -0.3 is 10.2 Å². The van der Waals surface area contributed by atoms with Gasteiger partial charge in [-0.3, -0.25) is 0 Å². The van der Waals surface area contributed by atoms with Crippen LogP contribution >= 0.6 is 0 Å². The molecule has 0 aliphatic rings. The average molecular weight is 292 g/mol. The Bertz CT molecular complexity index is 632. The SMILES string of the molecule is CC.Oc1ccc(-c2ccc(-c3ccc(O)cc3)cc2)cc1. The molecule has 2 N–H and O–H groups in total. The van der Waals surface area contributed by atoms with Crippen LogP contribution in [-0.4, -0.2) is 10.2 Å². The molecule has 2 nitrogen and oxygen atoms in total. The molecular weight excluding hydrogens is 272 g/mol. The minimum atomic E-state index is 0.273. The Morgan fingerprint density at radius 2 is 0.591 bits per heavy atom. The summed E-state index contributed by atoms with van der Waals surface area (Å²) in [5, 5.41) is 18.6. The quantitative estimate of drug-likeness (QED) is 0.658. The molecule has 3 rings (SSSR count). The Morgan fingerprint density at radius 1 is 0.409 bits per heavy atom. The van der Waals surface area contributed by atoms with E-state index in [1.165, 1.54) is 0 Å². The Hall–Kier alpha value is -2.74. The van der Waals surface area contributed by atoms with Crippen LogP contribution < -0.4 is 0 Å². The van der Waals surface area contributed by atoms with Gasteiger partial charge in [0.15, 0.2) is 0 Å². The molecule has 22 heavy (non-hydrogen) atoms. The largest absolute Gasteiger partial charge is 0.508 e. The van der Waals surface area contributed by atoms with Crippen molar-refractivity contribution in [1.29, 1.82) is 0 Å². The predicted molar refractivity (Wildman–Crippen MR) is 92.0 cm³/mol. The summed E-state index contributed by atoms with van der Waals surface area (Å²) in [5.41, 5.74) is 4.35. The third-order valence-electron chi connectivity index (χ3n) is 3.29. The third-order valence-corrected chi connectivity index (χ3v) is 3.29. The van der Waals surface area contributed by atoms with Crippen molar-refractivity contribution >= 4 is 0 Å². The van der Waals surface area contributed by atoms with Crippen molar-refractivity contribution in [2.24, 2.45) is 0 Å². The summed E-state index contributed by atoms with van der Waals surface area (Å²) in [5.74, 6) is 0.545. The van der Waals surface area contributed by atoms with Gasteiger partial charge in [-0.05, 0) is 46.5 Å². The van der Waals surface area contributed by atoms with Crippen LogP contribution in [0, 0.1) is 0 Å². The van der Waals surface area contributed by atoms with E-state index in [4.69, 9.17) is 0 Å². The fraction of sp³-hybridized carbons (Fsp3) is 0.100. The highest BCUT2D eigenvalue weighted by atomic mass is 16.3. The summed E-state index contributed by atoms with van der Waals surface area (Å²) in [7, 11) is 0. The molecule has 3 aromatic carbocycles. The first kappa shape index (κ1) is 15.6. The topological polar surface area (TPSA) is 40.5 Å². The van der Waals surface area contributed by atoms with Crippen LogP contribution in [0.3, 0.4) is 0 Å². The van der Waals surface area contributed by atoms with Crippen LogP contribution in [0.5, 0.6) is 11.5 Å². The third kappa shape index (κ3) is 3.67. The second-order valence-corrected chi connectivity index (χ2v) is 4.67. The van der Waals surface area contributed by atoms with E-state index >= 15 is 0 Å². The smallest absolute Gasteiger partial charge is 0.115 e. The maximum Gasteiger partial charge on any atom is 0.115 e. The molecule has 0 heterocycles. The Labute approximate surface area is 131 Å². The minimum absolute atomic E-state index is 0.273. The molecule has 0 radical (unpaired) electrons. The molecule has 0 aromatic heterocycles. The van der Waals surface area contributed by atoms with Crippen LogP contribution in [-0.2, 0) is 0 Å². The van der Waals surface area contributed by atoms with E-state index in [0.717, 1.165) is 22.3 Å². The first-order valence-electron chi connectivity index (χ1n) is 7.41. The molecule has 0 aliphatic heterocycles. The van der Waals surface area contributed by atoms with E-state index in [2.05, 4.69) is 24.3 Å². The van der Waals surface area contributed by atoms with Gasteiger partial charge in [0.05, 0.1) is 0 Å². The standard InChI is InChI=1S/C18H14O2.C2H6/c19-17-9-5-15(6-10-17)13-1-2-14(4-3-13)16-7-11-18(20)12-8-16;1-2/h1-12,19-20H;1-2H3. The van der Waals surface area contributed by atoms with Gasteiger partial charge in [0.2, 0.25) is 0 Å². The maximum atomic E-state index is 9.30. The zero-order chi connectivity index (χ0) is 15.9. The van der Waals surface area contributed by atoms with E-state index in [1.807, 2.05) is 38.1 Å². The lowest BCUT2D eigenvalue weighted by Crippen LogP contribution is -1.80. The maximum absolute atomic E-state index is 9.30. The predicted octanol–water partition coefficient (Wildman–Crippen LogP) is 5.46. The monoisotopic (exact) mass is 292 g/mol. The molecule has 112 valence electrons. The van der Waals surface area contributed by atoms with Crippen molar-refractivity contribution < 1.29 is 10.2 Å². The Balaban J connectivity index is 0.000000847. The van der Waals surface area contributed by atoms with Gasteiger partial charge >= 0.3 is 0 Å². The lowest BCUT2D eigenvalue weighted by atomic mass is 10.0. The number of phenolic OH excluding ortho intramolecular Hbond substituents is 2. The van der Waals surface area contributed by atoms with Crippen molar-refractivity contribution in [2.75, 3.05) is 0 Å². The first-order valence-corrected chi connectivity index (χ1v) is 7.41. The van der Waals surface area contributed by atoms with Crippen LogP contribution in [0.25, 0.3) is 22.3 Å². The molecule has 0 atom stereocenters. The second kappa shape index (κ2) is 7.32. The molecule has 0 fully saturated rings. The van der Waals surface area contributed by atoms with Gasteiger partial charge in [0.1, 0.15) is 11.5 Å². The molecule has 0 spiro atoms. The van der Waals surface area contributed by atoms with Gasteiger partial charge in [-0.2, -0.15) is 0 Å². The number of aromatic hydroxyl groups is 2. The van der Waals surface area contributed by atoms with E-state index in [9.17, 15) is 10.2 Å². The highest BCUT2D eigenvalue weighted by molar-refractivity contribution is 5.70. The van der Waals surface area contributed by atoms with Crippen molar-refractivity contribution in [3.8, 4) is 33.8 Å². The summed E-state index contributed by atoms with van der Waals surface area (Å²) in [4.78, 5) is 0. The first-order chi connectivity index (χ1) is 10.7. The molecule has 0 saturated carbocycles. The van der Waals surface area contributed by atoms with E-state index in [0.29, 0.717) is 0 Å². The molecular formula is C20H20O2. The van der Waals surface area contributed by atoms with Crippen LogP contribution in [0.4, 0.5) is 0 Å². The van der Waals surface area contributed by atoms with Crippen LogP contribution in [0.2, 0.25) is 0 Å². The number of phenols is 2. The van der Waals surface area contributed by atoms with Crippen LogP contribution in [0.15, 0.2) is 72.8 Å². The number of benzene rings is 3. The van der Waals surface area contributed by atoms with Gasteiger partial charge in [0, 0.05) is 0 Å². The molecule has 0 saturated heterocycles. The van der Waals surface area contributed by atoms with Crippen molar-refractivity contribution in [2.45, 2.75) is 13.8 Å². The lowest BCUT2D eigenvalue weighted by molar-refractivity contribution is 0.475. The summed E-state index contributed by atoms with van der Waals surface area (Å²) in [6.45, 7) is 4.00. The number of hydrogen-bond donors (Lipinski definition) is 2. The van der Waals surface area contributed by atoms with Gasteiger partial charge in [-0.15, -0.1) is 0 Å². The van der Waals surface area contributed by atoms with Gasteiger partial charge in [-0.1, -0.05) is 62.4 Å². The van der Waals surface area contributed by atoms with Crippen molar-refractivity contribution in [1.82, 2.24) is 0 Å². The number of rotatable bonds is 2. The molecule has 0 unspecified atom stereocenters. The minimum Gasteiger partial charge on any atom is -0.508 e. The molecule has 2 heteroatoms. The van der Waals surface area contributed by atoms with Crippen molar-refractivity contribution in [3.05, 3.63) is 72.8 Å². The molecule has 3 aromatic rings. The fourth-order valence-electron chi connectivity index (χ4n) is 2.16. The van der Waals surface area contributed by atoms with E-state index < -0.39 is 0 Å². The Kier molecular flexibility index (Phi) is 5.21. The van der Waals surface area contributed by atoms with E-state index in [-0.39, 0.29) is 11.5 Å². The van der Waals surface area contributed by atoms with Gasteiger partial charge in [-0.25, -0.2) is 0 Å². The average Bonchev–Trinajstić information content (AvgIpc) is 2.58. The molecule has 0 aliphatic carbocycles. The van der Waals surface area contributed by atoms with Crippen molar-refractivity contribution in [3.63, 3.8) is 0 Å². The normalized spacial score (nSPS) is 9.73. The number of hydrogen-bond acceptors (Lipinski definition) is 2. The zero-order valence-corrected chi connectivity index (χ0v) is 12.8. The van der Waals surface area contributed by atoms with Gasteiger partial charge in [0.25, 0.3) is 0 Å². The zero-order valence-electron chi connectivity index (χ0n) is 12.8. The molecule has 0 bridgehead atoms. The summed E-state index contributed by atoms with van der Waals surface area (Å²) in [6, 6.07) is 22.5. The second-order valence-electron chi connectivity index (χ2n) is 4.67. The highest BCUT2D eigenvalue weighted by Gasteiger charge is 2.00. The lowest BCUT2D eigenvalue weighted by Gasteiger charge is -2.05. The van der Waals surface area contributed by atoms with Crippen LogP contribution in [0.1, 0.15) is 13.8 Å². The molecule has 0 amide bonds. The summed E-state index contributed by atoms with van der Waals surface area (Å²) in [6.07, 6.45) is 0. The fourth-order valence-corrected chi connectivity index (χ4v) is 2.16. The summed E-state index contributed by atoms with van der Waals surface area (Å²) >= 11 is 0. The summed E-state index contributed by atoms with van der Waals surface area (Å²) < 4.78 is 0. The highest BCUT2D eigenvalue weighted by Crippen LogP contribution is 2.26. The Morgan fingerprint density at radius 3 is 0.818 bits per heavy atom.